The van der Waals surface area contributed by atoms with Gasteiger partial charge in [0.05, 0.1) is 6.10 Å². The van der Waals surface area contributed by atoms with Gasteiger partial charge in [-0.25, -0.2) is 0 Å². The lowest BCUT2D eigenvalue weighted by atomic mass is 10.2. The van der Waals surface area contributed by atoms with E-state index in [0.717, 1.165) is 12.8 Å². The van der Waals surface area contributed by atoms with E-state index >= 15 is 0 Å². The molecular formula is C11H17F6NO. The molecule has 1 aliphatic carbocycles. The Bertz CT molecular complexity index is 259. The van der Waals surface area contributed by atoms with Crippen molar-refractivity contribution >= 4 is 0 Å². The van der Waals surface area contributed by atoms with Crippen LogP contribution in [0.15, 0.2) is 0 Å². The summed E-state index contributed by atoms with van der Waals surface area (Å²) in [6.45, 7) is 1.70. The molecule has 0 radical (unpaired) electrons. The standard InChI is InChI=1S/C11H17F6NO/c1-2-3-8(6-18-7-4-5-7)19-9(10(12,13)14)11(15,16)17/h7-9,18H,2-6H2,1H3. The summed E-state index contributed by atoms with van der Waals surface area (Å²) < 4.78 is 78.5. The van der Waals surface area contributed by atoms with E-state index in [0.29, 0.717) is 6.42 Å². The van der Waals surface area contributed by atoms with E-state index in [1.165, 1.54) is 0 Å². The highest BCUT2D eigenvalue weighted by molar-refractivity contribution is 4.83. The summed E-state index contributed by atoms with van der Waals surface area (Å²) in [4.78, 5) is 0. The first-order chi connectivity index (χ1) is 8.64. The number of hydrogen-bond donors (Lipinski definition) is 1. The third-order valence-electron chi connectivity index (χ3n) is 2.75. The summed E-state index contributed by atoms with van der Waals surface area (Å²) in [6, 6.07) is 0.207. The molecule has 0 aliphatic heterocycles. The van der Waals surface area contributed by atoms with Crippen molar-refractivity contribution in [3.05, 3.63) is 0 Å². The minimum Gasteiger partial charge on any atom is -0.356 e. The zero-order chi connectivity index (χ0) is 14.7. The lowest BCUT2D eigenvalue weighted by Gasteiger charge is -2.28. The second-order valence-corrected chi connectivity index (χ2v) is 4.69. The summed E-state index contributed by atoms with van der Waals surface area (Å²) in [5, 5.41) is 2.89. The molecule has 19 heavy (non-hydrogen) atoms. The van der Waals surface area contributed by atoms with E-state index in [9.17, 15) is 26.3 Å². The zero-order valence-electron chi connectivity index (χ0n) is 10.4. The van der Waals surface area contributed by atoms with Crippen LogP contribution in [-0.4, -0.2) is 37.1 Å². The molecule has 1 rings (SSSR count). The summed E-state index contributed by atoms with van der Waals surface area (Å²) in [5.41, 5.74) is 0. The van der Waals surface area contributed by atoms with Crippen molar-refractivity contribution in [2.45, 2.75) is 63.2 Å². The van der Waals surface area contributed by atoms with E-state index in [1.54, 1.807) is 6.92 Å². The van der Waals surface area contributed by atoms with Gasteiger partial charge in [0.15, 0.2) is 0 Å². The fourth-order valence-corrected chi connectivity index (χ4v) is 1.66. The van der Waals surface area contributed by atoms with Gasteiger partial charge in [-0.15, -0.1) is 0 Å². The lowest BCUT2D eigenvalue weighted by Crippen LogP contribution is -2.48. The van der Waals surface area contributed by atoms with Crippen LogP contribution in [-0.2, 0) is 4.74 Å². The van der Waals surface area contributed by atoms with Gasteiger partial charge in [0, 0.05) is 12.6 Å². The highest BCUT2D eigenvalue weighted by Gasteiger charge is 2.58. The van der Waals surface area contributed by atoms with Crippen LogP contribution in [0.25, 0.3) is 0 Å². The first kappa shape index (κ1) is 16.6. The summed E-state index contributed by atoms with van der Waals surface area (Å²) in [6.07, 6.45) is -13.3. The van der Waals surface area contributed by atoms with E-state index < -0.39 is 24.6 Å². The molecule has 0 aromatic heterocycles. The van der Waals surface area contributed by atoms with Gasteiger partial charge in [0.1, 0.15) is 0 Å². The predicted molar refractivity (Wildman–Crippen MR) is 56.7 cm³/mol. The third-order valence-corrected chi connectivity index (χ3v) is 2.75. The second-order valence-electron chi connectivity index (χ2n) is 4.69. The average molecular weight is 293 g/mol. The van der Waals surface area contributed by atoms with Gasteiger partial charge in [-0.05, 0) is 19.3 Å². The Morgan fingerprint density at radius 2 is 1.63 bits per heavy atom. The number of ether oxygens (including phenoxy) is 1. The molecule has 1 saturated carbocycles. The Morgan fingerprint density at radius 3 is 2.00 bits per heavy atom. The van der Waals surface area contributed by atoms with Crippen molar-refractivity contribution in [3.63, 3.8) is 0 Å². The molecule has 0 heterocycles. The van der Waals surface area contributed by atoms with Crippen LogP contribution < -0.4 is 5.32 Å². The maximum absolute atomic E-state index is 12.4. The molecule has 2 nitrogen and oxygen atoms in total. The monoisotopic (exact) mass is 293 g/mol. The Morgan fingerprint density at radius 1 is 1.11 bits per heavy atom. The van der Waals surface area contributed by atoms with Crippen molar-refractivity contribution in [1.29, 1.82) is 0 Å². The molecule has 8 heteroatoms. The van der Waals surface area contributed by atoms with Crippen LogP contribution in [0.1, 0.15) is 32.6 Å². The molecule has 0 saturated heterocycles. The fraction of sp³-hybridized carbons (Fsp3) is 1.00. The number of alkyl halides is 6. The van der Waals surface area contributed by atoms with Gasteiger partial charge in [0.25, 0.3) is 0 Å². The Labute approximate surface area is 107 Å². The summed E-state index contributed by atoms with van der Waals surface area (Å²) in [7, 11) is 0. The van der Waals surface area contributed by atoms with Gasteiger partial charge in [-0.1, -0.05) is 13.3 Å². The minimum atomic E-state index is -5.44. The molecular weight excluding hydrogens is 276 g/mol. The number of nitrogens with one attached hydrogen (secondary N) is 1. The first-order valence-corrected chi connectivity index (χ1v) is 6.16. The Balaban J connectivity index is 2.60. The van der Waals surface area contributed by atoms with Crippen LogP contribution in [0.3, 0.4) is 0 Å². The molecule has 114 valence electrons. The lowest BCUT2D eigenvalue weighted by molar-refractivity contribution is -0.330. The maximum atomic E-state index is 12.4. The van der Waals surface area contributed by atoms with Gasteiger partial charge >= 0.3 is 12.4 Å². The number of hydrogen-bond acceptors (Lipinski definition) is 2. The average Bonchev–Trinajstić information content (AvgIpc) is 3.02. The molecule has 1 N–H and O–H groups in total. The summed E-state index contributed by atoms with van der Waals surface area (Å²) in [5.74, 6) is 0. The van der Waals surface area contributed by atoms with Crippen LogP contribution >= 0.6 is 0 Å². The minimum absolute atomic E-state index is 0.0150. The number of rotatable bonds is 7. The second kappa shape index (κ2) is 6.30. The maximum Gasteiger partial charge on any atom is 0.423 e. The molecule has 0 spiro atoms. The Hall–Kier alpha value is -0.500. The molecule has 0 amide bonds. The number of halogens is 6. The smallest absolute Gasteiger partial charge is 0.356 e. The molecule has 0 aromatic carbocycles. The summed E-state index contributed by atoms with van der Waals surface area (Å²) >= 11 is 0. The highest BCUT2D eigenvalue weighted by Crippen LogP contribution is 2.36. The topological polar surface area (TPSA) is 21.3 Å². The quantitative estimate of drug-likeness (QED) is 0.726. The van der Waals surface area contributed by atoms with Gasteiger partial charge in [-0.2, -0.15) is 26.3 Å². The SMILES string of the molecule is CCCC(CNC1CC1)OC(C(F)(F)F)C(F)(F)F. The molecule has 1 aliphatic rings. The van der Waals surface area contributed by atoms with Crippen LogP contribution in [0.4, 0.5) is 26.3 Å². The van der Waals surface area contributed by atoms with Gasteiger partial charge < -0.3 is 10.1 Å². The van der Waals surface area contributed by atoms with Gasteiger partial charge in [-0.3, -0.25) is 0 Å². The Kier molecular flexibility index (Phi) is 5.49. The molecule has 0 bridgehead atoms. The molecule has 1 fully saturated rings. The van der Waals surface area contributed by atoms with Crippen molar-refractivity contribution in [3.8, 4) is 0 Å². The predicted octanol–water partition coefficient (Wildman–Crippen LogP) is 3.42. The first-order valence-electron chi connectivity index (χ1n) is 6.16. The molecule has 1 unspecified atom stereocenters. The van der Waals surface area contributed by atoms with Crippen molar-refractivity contribution in [1.82, 2.24) is 5.32 Å². The fourth-order valence-electron chi connectivity index (χ4n) is 1.66. The van der Waals surface area contributed by atoms with E-state index in [2.05, 4.69) is 10.1 Å². The van der Waals surface area contributed by atoms with E-state index in [-0.39, 0.29) is 19.0 Å². The largest absolute Gasteiger partial charge is 0.423 e. The van der Waals surface area contributed by atoms with Crippen LogP contribution in [0, 0.1) is 0 Å². The van der Waals surface area contributed by atoms with E-state index in [1.807, 2.05) is 0 Å². The van der Waals surface area contributed by atoms with Crippen molar-refractivity contribution in [2.24, 2.45) is 0 Å². The third kappa shape index (κ3) is 5.99. The van der Waals surface area contributed by atoms with Crippen molar-refractivity contribution < 1.29 is 31.1 Å². The zero-order valence-corrected chi connectivity index (χ0v) is 10.4. The van der Waals surface area contributed by atoms with Crippen molar-refractivity contribution in [2.75, 3.05) is 6.54 Å². The van der Waals surface area contributed by atoms with Crippen LogP contribution in [0.5, 0.6) is 0 Å². The van der Waals surface area contributed by atoms with Gasteiger partial charge in [0.2, 0.25) is 6.10 Å². The normalized spacial score (nSPS) is 18.9. The highest BCUT2D eigenvalue weighted by atomic mass is 19.4. The van der Waals surface area contributed by atoms with Crippen LogP contribution in [0.2, 0.25) is 0 Å². The van der Waals surface area contributed by atoms with E-state index in [4.69, 9.17) is 0 Å². The molecule has 1 atom stereocenters. The molecule has 0 aromatic rings.